The number of rotatable bonds is 4. The van der Waals surface area contributed by atoms with Crippen molar-refractivity contribution >= 4 is 17.9 Å². The predicted octanol–water partition coefficient (Wildman–Crippen LogP) is 3.89. The van der Waals surface area contributed by atoms with E-state index >= 15 is 0 Å². The highest BCUT2D eigenvalue weighted by atomic mass is 35.5. The number of para-hydroxylation sites is 1. The first-order valence-electron chi connectivity index (χ1n) is 7.96. The zero-order valence-corrected chi connectivity index (χ0v) is 14.6. The van der Waals surface area contributed by atoms with E-state index in [2.05, 4.69) is 15.4 Å². The monoisotopic (exact) mass is 363 g/mol. The van der Waals surface area contributed by atoms with E-state index in [0.29, 0.717) is 22.0 Å². The Bertz CT molecular complexity index is 1070. The van der Waals surface area contributed by atoms with Crippen molar-refractivity contribution in [1.82, 2.24) is 24.8 Å². The molecule has 4 rings (SSSR count). The fraction of sp³-hybridized carbons (Fsp3) is 0.0526. The number of carbonyl (C=O) groups excluding carboxylic acids is 1. The predicted molar refractivity (Wildman–Crippen MR) is 99.1 cm³/mol. The zero-order chi connectivity index (χ0) is 18.1. The van der Waals surface area contributed by atoms with Gasteiger partial charge in [0.1, 0.15) is 11.4 Å². The summed E-state index contributed by atoms with van der Waals surface area (Å²) in [4.78, 5) is 11.5. The molecule has 0 bridgehead atoms. The Balaban J connectivity index is 1.80. The first-order valence-corrected chi connectivity index (χ1v) is 8.34. The van der Waals surface area contributed by atoms with Crippen molar-refractivity contribution in [2.45, 2.75) is 6.92 Å². The van der Waals surface area contributed by atoms with Gasteiger partial charge in [0.05, 0.1) is 22.6 Å². The van der Waals surface area contributed by atoms with Gasteiger partial charge in [-0.05, 0) is 43.3 Å². The van der Waals surface area contributed by atoms with Crippen LogP contribution in [-0.4, -0.2) is 31.1 Å². The largest absolute Gasteiger partial charge is 0.298 e. The van der Waals surface area contributed by atoms with Crippen molar-refractivity contribution < 1.29 is 4.79 Å². The molecule has 0 aliphatic carbocycles. The molecule has 0 unspecified atom stereocenters. The second kappa shape index (κ2) is 6.57. The fourth-order valence-corrected chi connectivity index (χ4v) is 2.87. The molecule has 2 heterocycles. The second-order valence-corrected chi connectivity index (χ2v) is 6.18. The van der Waals surface area contributed by atoms with E-state index < -0.39 is 0 Å². The number of aromatic nitrogens is 5. The van der Waals surface area contributed by atoms with Gasteiger partial charge in [0, 0.05) is 11.2 Å². The number of nitrogens with zero attached hydrogens (tertiary/aromatic N) is 5. The van der Waals surface area contributed by atoms with Crippen LogP contribution in [0, 0.1) is 6.92 Å². The van der Waals surface area contributed by atoms with Crippen LogP contribution in [0.3, 0.4) is 0 Å². The lowest BCUT2D eigenvalue weighted by Gasteiger charge is -2.03. The Hall–Kier alpha value is -3.25. The summed E-state index contributed by atoms with van der Waals surface area (Å²) in [6.07, 6.45) is 2.47. The van der Waals surface area contributed by atoms with Crippen LogP contribution in [0.15, 0.2) is 60.8 Å². The molecule has 0 saturated carbocycles. The van der Waals surface area contributed by atoms with Crippen molar-refractivity contribution in [2.24, 2.45) is 0 Å². The van der Waals surface area contributed by atoms with Gasteiger partial charge < -0.3 is 0 Å². The van der Waals surface area contributed by atoms with Crippen LogP contribution in [0.5, 0.6) is 0 Å². The zero-order valence-electron chi connectivity index (χ0n) is 13.9. The van der Waals surface area contributed by atoms with Crippen LogP contribution >= 0.6 is 11.6 Å². The summed E-state index contributed by atoms with van der Waals surface area (Å²) in [5.74, 6) is 0. The third-order valence-corrected chi connectivity index (χ3v) is 4.33. The van der Waals surface area contributed by atoms with Gasteiger partial charge in [-0.3, -0.25) is 4.79 Å². The Labute approximate surface area is 154 Å². The molecule has 6 nitrogen and oxygen atoms in total. The van der Waals surface area contributed by atoms with Crippen molar-refractivity contribution in [3.8, 4) is 22.8 Å². The number of carbonyl (C=O) groups is 1. The van der Waals surface area contributed by atoms with E-state index in [4.69, 9.17) is 11.6 Å². The minimum atomic E-state index is 0.458. The Morgan fingerprint density at radius 3 is 2.38 bits per heavy atom. The molecule has 2 aromatic heterocycles. The third-order valence-electron chi connectivity index (χ3n) is 4.08. The average Bonchev–Trinajstić information content (AvgIpc) is 3.26. The molecule has 128 valence electrons. The van der Waals surface area contributed by atoms with E-state index in [1.165, 1.54) is 0 Å². The van der Waals surface area contributed by atoms with E-state index in [1.807, 2.05) is 49.4 Å². The van der Waals surface area contributed by atoms with E-state index in [9.17, 15) is 4.79 Å². The molecule has 0 N–H and O–H groups in total. The summed E-state index contributed by atoms with van der Waals surface area (Å²) in [5, 5.41) is 13.7. The maximum Gasteiger partial charge on any atom is 0.153 e. The minimum absolute atomic E-state index is 0.458. The Morgan fingerprint density at radius 1 is 0.962 bits per heavy atom. The topological polar surface area (TPSA) is 65.6 Å². The molecule has 0 radical (unpaired) electrons. The lowest BCUT2D eigenvalue weighted by molar-refractivity contribution is 0.112. The highest BCUT2D eigenvalue weighted by molar-refractivity contribution is 6.30. The Kier molecular flexibility index (Phi) is 4.10. The SMILES string of the molecule is Cc1c(-c2nn(-c3ccccc3)cc2C=O)nnn1-c1ccc(Cl)cc1. The molecular formula is C19H14ClN5O. The molecule has 0 fully saturated rings. The first kappa shape index (κ1) is 16.2. The summed E-state index contributed by atoms with van der Waals surface area (Å²) in [7, 11) is 0. The second-order valence-electron chi connectivity index (χ2n) is 5.74. The third kappa shape index (κ3) is 2.80. The molecule has 0 atom stereocenters. The summed E-state index contributed by atoms with van der Waals surface area (Å²) in [6.45, 7) is 1.89. The van der Waals surface area contributed by atoms with E-state index in [-0.39, 0.29) is 0 Å². The van der Waals surface area contributed by atoms with Crippen LogP contribution in [0.4, 0.5) is 0 Å². The lowest BCUT2D eigenvalue weighted by Crippen LogP contribution is -1.99. The van der Waals surface area contributed by atoms with Gasteiger partial charge in [-0.15, -0.1) is 5.10 Å². The maximum absolute atomic E-state index is 11.5. The molecule has 0 aliphatic rings. The first-order chi connectivity index (χ1) is 12.7. The summed E-state index contributed by atoms with van der Waals surface area (Å²) < 4.78 is 3.36. The number of hydrogen-bond donors (Lipinski definition) is 0. The van der Waals surface area contributed by atoms with Gasteiger partial charge >= 0.3 is 0 Å². The van der Waals surface area contributed by atoms with Crippen molar-refractivity contribution in [3.63, 3.8) is 0 Å². The van der Waals surface area contributed by atoms with Crippen LogP contribution in [0.1, 0.15) is 16.1 Å². The molecule has 2 aromatic carbocycles. The van der Waals surface area contributed by atoms with Gasteiger partial charge in [0.15, 0.2) is 6.29 Å². The van der Waals surface area contributed by atoms with E-state index in [1.54, 1.807) is 27.7 Å². The molecular weight excluding hydrogens is 350 g/mol. The van der Waals surface area contributed by atoms with Crippen LogP contribution in [0.2, 0.25) is 5.02 Å². The van der Waals surface area contributed by atoms with Gasteiger partial charge in [-0.25, -0.2) is 9.36 Å². The van der Waals surface area contributed by atoms with Gasteiger partial charge in [0.25, 0.3) is 0 Å². The molecule has 7 heteroatoms. The number of halogens is 1. The molecule has 0 aliphatic heterocycles. The smallest absolute Gasteiger partial charge is 0.153 e. The van der Waals surface area contributed by atoms with Crippen molar-refractivity contribution in [1.29, 1.82) is 0 Å². The quantitative estimate of drug-likeness (QED) is 0.516. The van der Waals surface area contributed by atoms with Crippen LogP contribution in [-0.2, 0) is 0 Å². The Morgan fingerprint density at radius 2 is 1.69 bits per heavy atom. The lowest BCUT2D eigenvalue weighted by atomic mass is 10.2. The van der Waals surface area contributed by atoms with Crippen LogP contribution in [0.25, 0.3) is 22.8 Å². The summed E-state index contributed by atoms with van der Waals surface area (Å²) >= 11 is 5.94. The van der Waals surface area contributed by atoms with Crippen molar-refractivity contribution in [3.05, 3.63) is 77.1 Å². The van der Waals surface area contributed by atoms with E-state index in [0.717, 1.165) is 23.4 Å². The molecule has 0 spiro atoms. The van der Waals surface area contributed by atoms with Gasteiger partial charge in [-0.2, -0.15) is 5.10 Å². The summed E-state index contributed by atoms with van der Waals surface area (Å²) in [6, 6.07) is 16.9. The molecule has 4 aromatic rings. The normalized spacial score (nSPS) is 10.8. The highest BCUT2D eigenvalue weighted by Gasteiger charge is 2.19. The maximum atomic E-state index is 11.5. The van der Waals surface area contributed by atoms with Crippen molar-refractivity contribution in [2.75, 3.05) is 0 Å². The fourth-order valence-electron chi connectivity index (χ4n) is 2.75. The highest BCUT2D eigenvalue weighted by Crippen LogP contribution is 2.25. The number of aldehydes is 1. The minimum Gasteiger partial charge on any atom is -0.298 e. The van der Waals surface area contributed by atoms with Gasteiger partial charge in [-0.1, -0.05) is 35.0 Å². The average molecular weight is 364 g/mol. The summed E-state index contributed by atoms with van der Waals surface area (Å²) in [5.41, 5.74) is 4.01. The molecule has 26 heavy (non-hydrogen) atoms. The molecule has 0 amide bonds. The number of hydrogen-bond acceptors (Lipinski definition) is 4. The van der Waals surface area contributed by atoms with Gasteiger partial charge in [0.2, 0.25) is 0 Å². The number of benzene rings is 2. The standard InChI is InChI=1S/C19H14ClN5O/c1-13-18(21-23-25(13)17-9-7-15(20)8-10-17)19-14(12-26)11-24(22-19)16-5-3-2-4-6-16/h2-12H,1H3. The van der Waals surface area contributed by atoms with Crippen LogP contribution < -0.4 is 0 Å². The molecule has 0 saturated heterocycles.